The highest BCUT2D eigenvalue weighted by atomic mass is 27.2. The normalized spacial score (nSPS) is 11.2. The van der Waals surface area contributed by atoms with Gasteiger partial charge in [-0.3, -0.25) is 0 Å². The summed E-state index contributed by atoms with van der Waals surface area (Å²) >= 11 is -1.55. The Bertz CT molecular complexity index is 214. The van der Waals surface area contributed by atoms with E-state index in [1.165, 1.54) is 0 Å². The number of hydrogen-bond acceptors (Lipinski definition) is 26. The van der Waals surface area contributed by atoms with Gasteiger partial charge in [-0.05, 0) is 101 Å². The molecule has 0 unspecified atom stereocenters. The second-order valence-electron chi connectivity index (χ2n) is 1.80. The maximum atomic E-state index is 7.53. The summed E-state index contributed by atoms with van der Waals surface area (Å²) in [6, 6.07) is 0. The quantitative estimate of drug-likeness (QED) is 0.0703. The van der Waals surface area contributed by atoms with E-state index in [4.69, 9.17) is 10.5 Å². The van der Waals surface area contributed by atoms with E-state index < -0.39 is 15.9 Å². The van der Waals surface area contributed by atoms with Gasteiger partial charge in [-0.1, -0.05) is 10.1 Å². The molecule has 1 radical (unpaired) electrons. The van der Waals surface area contributed by atoms with Crippen molar-refractivity contribution in [3.63, 3.8) is 0 Å². The van der Waals surface area contributed by atoms with Crippen LogP contribution >= 0.6 is 0 Å². The second-order valence-corrected chi connectivity index (χ2v) is 2.38. The van der Waals surface area contributed by atoms with Crippen LogP contribution in [0.5, 0.6) is 0 Å². The molecule has 0 aliphatic rings. The van der Waals surface area contributed by atoms with E-state index in [1.54, 1.807) is 0 Å². The van der Waals surface area contributed by atoms with Crippen LogP contribution in [-0.2, 0) is 119 Å². The zero-order valence-corrected chi connectivity index (χ0v) is 12.4. The maximum absolute atomic E-state index is 7.53. The number of hydrogen-bond donors (Lipinski definition) is 2. The fourth-order valence-electron chi connectivity index (χ4n) is 0.286. The lowest BCUT2D eigenvalue weighted by Crippen LogP contribution is -2.09. The van der Waals surface area contributed by atoms with Gasteiger partial charge in [-0.15, -0.1) is 0 Å². The van der Waals surface area contributed by atoms with Crippen LogP contribution < -0.4 is 0 Å². The monoisotopic (exact) mass is 445 g/mol. The van der Waals surface area contributed by atoms with Crippen LogP contribution in [0, 0.1) is 0 Å². The van der Waals surface area contributed by atoms with E-state index in [0.717, 1.165) is 0 Å². The SMILES string of the molecule is OOOOOOOOOOOO[O][Al][O]OOOOOOOOOOOO. The van der Waals surface area contributed by atoms with Crippen molar-refractivity contribution >= 4 is 15.9 Å². The first kappa shape index (κ1) is 26.5. The largest absolute Gasteiger partial charge is 0.743 e. The van der Waals surface area contributed by atoms with Crippen LogP contribution in [0.1, 0.15) is 0 Å². The summed E-state index contributed by atoms with van der Waals surface area (Å²) in [5, 5.41) is 90.6. The molecule has 0 atom stereocenters. The van der Waals surface area contributed by atoms with Crippen LogP contribution in [0.4, 0.5) is 0 Å². The van der Waals surface area contributed by atoms with Crippen LogP contribution in [0.2, 0.25) is 0 Å². The van der Waals surface area contributed by atoms with Crippen molar-refractivity contribution in [2.75, 3.05) is 0 Å². The summed E-state index contributed by atoms with van der Waals surface area (Å²) in [6.45, 7) is 0. The van der Waals surface area contributed by atoms with Crippen LogP contribution in [0.3, 0.4) is 0 Å². The summed E-state index contributed by atoms with van der Waals surface area (Å²) in [4.78, 5) is 0. The van der Waals surface area contributed by atoms with Crippen molar-refractivity contribution in [3.05, 3.63) is 0 Å². The summed E-state index contributed by atoms with van der Waals surface area (Å²) < 4.78 is 8.11. The maximum Gasteiger partial charge on any atom is 0.743 e. The van der Waals surface area contributed by atoms with Crippen molar-refractivity contribution < 1.29 is 129 Å². The molecule has 0 spiro atoms. The molecule has 0 aliphatic heterocycles. The fraction of sp³-hybridized carbons (Fsp3) is 0. The molecule has 0 aromatic heterocycles. The zero-order chi connectivity index (χ0) is 19.7. The Morgan fingerprint density at radius 2 is 0.519 bits per heavy atom. The van der Waals surface area contributed by atoms with Gasteiger partial charge in [0.2, 0.25) is 0 Å². The van der Waals surface area contributed by atoms with Gasteiger partial charge in [-0.2, -0.15) is 0 Å². The summed E-state index contributed by atoms with van der Waals surface area (Å²) in [7, 11) is 0. The highest BCUT2D eigenvalue weighted by molar-refractivity contribution is 6.16. The predicted molar refractivity (Wildman–Crippen MR) is 37.1 cm³/mol. The number of rotatable bonds is 24. The van der Waals surface area contributed by atoms with E-state index in [9.17, 15) is 0 Å². The molecule has 161 valence electrons. The first-order valence-electron chi connectivity index (χ1n) is 4.50. The molecule has 0 heterocycles. The Balaban J connectivity index is 2.95. The third kappa shape index (κ3) is 25.5. The Morgan fingerprint density at radius 3 is 0.778 bits per heavy atom. The van der Waals surface area contributed by atoms with Crippen molar-refractivity contribution in [1.29, 1.82) is 0 Å². The Kier molecular flexibility index (Phi) is 25.0. The zero-order valence-electron chi connectivity index (χ0n) is 11.3. The first-order chi connectivity index (χ1) is 13.4. The molecule has 0 amide bonds. The Hall–Kier alpha value is -0.508. The molecule has 0 rings (SSSR count). The molecular weight excluding hydrogens is 443 g/mol. The molecule has 27 heavy (non-hydrogen) atoms. The fourth-order valence-corrected chi connectivity index (χ4v) is 0.447. The minimum Gasteiger partial charge on any atom is -0.303 e. The molecule has 0 saturated heterocycles. The summed E-state index contributed by atoms with van der Waals surface area (Å²) in [5.74, 6) is 0. The van der Waals surface area contributed by atoms with Crippen LogP contribution in [0.25, 0.3) is 0 Å². The Morgan fingerprint density at radius 1 is 0.296 bits per heavy atom. The van der Waals surface area contributed by atoms with Crippen LogP contribution in [-0.4, -0.2) is 26.4 Å². The van der Waals surface area contributed by atoms with Gasteiger partial charge < -0.3 is 7.88 Å². The third-order valence-corrected chi connectivity index (χ3v) is 1.03. The molecule has 26 nitrogen and oxygen atoms in total. The summed E-state index contributed by atoms with van der Waals surface area (Å²) in [5.41, 5.74) is 0. The summed E-state index contributed by atoms with van der Waals surface area (Å²) in [6.07, 6.45) is 0. The molecule has 27 heteroatoms. The van der Waals surface area contributed by atoms with Gasteiger partial charge >= 0.3 is 15.9 Å². The highest BCUT2D eigenvalue weighted by Crippen LogP contribution is 1.92. The minimum absolute atomic E-state index is 1.55. The standard InChI is InChI=1S/Al.2H2O13/c;2*1-3-5-7-9-11-13-12-10-8-6-4-2/h;2*1-2H/q+2;;/p-2. The van der Waals surface area contributed by atoms with E-state index in [0.29, 0.717) is 0 Å². The topological polar surface area (TPSA) is 262 Å². The lowest BCUT2D eigenvalue weighted by molar-refractivity contribution is -0.869. The highest BCUT2D eigenvalue weighted by Gasteiger charge is 2.05. The van der Waals surface area contributed by atoms with Crippen molar-refractivity contribution in [2.45, 2.75) is 0 Å². The molecule has 0 aromatic rings. The minimum atomic E-state index is -1.55. The van der Waals surface area contributed by atoms with E-state index in [-0.39, 0.29) is 0 Å². The van der Waals surface area contributed by atoms with E-state index in [1.807, 2.05) is 0 Å². The molecule has 0 aromatic carbocycles. The molecule has 2 N–H and O–H groups in total. The third-order valence-electron chi connectivity index (χ3n) is 0.718. The lowest BCUT2D eigenvalue weighted by atomic mass is 14.0. The first-order valence-corrected chi connectivity index (χ1v) is 5.45. The lowest BCUT2D eigenvalue weighted by Gasteiger charge is -2.00. The van der Waals surface area contributed by atoms with Gasteiger partial charge in [0.1, 0.15) is 0 Å². The van der Waals surface area contributed by atoms with E-state index >= 15 is 0 Å². The van der Waals surface area contributed by atoms with Gasteiger partial charge in [0.05, 0.1) is 0 Å². The molecule has 0 aliphatic carbocycles. The average Bonchev–Trinajstić information content (AvgIpc) is 2.68. The van der Waals surface area contributed by atoms with Gasteiger partial charge in [0.25, 0.3) is 0 Å². The van der Waals surface area contributed by atoms with Crippen LogP contribution in [0.15, 0.2) is 0 Å². The van der Waals surface area contributed by atoms with Gasteiger partial charge in [0, 0.05) is 0 Å². The molecule has 0 saturated carbocycles. The smallest absolute Gasteiger partial charge is 0.303 e. The van der Waals surface area contributed by atoms with Crippen molar-refractivity contribution in [3.8, 4) is 0 Å². The van der Waals surface area contributed by atoms with Gasteiger partial charge in [-0.25, -0.2) is 10.5 Å². The van der Waals surface area contributed by atoms with Gasteiger partial charge in [0.15, 0.2) is 0 Å². The van der Waals surface area contributed by atoms with E-state index in [2.05, 4.69) is 119 Å². The molecule has 0 fully saturated rings. The van der Waals surface area contributed by atoms with Crippen molar-refractivity contribution in [2.24, 2.45) is 0 Å². The Labute approximate surface area is 146 Å². The molecule has 0 bridgehead atoms. The van der Waals surface area contributed by atoms with Crippen molar-refractivity contribution in [1.82, 2.24) is 0 Å². The average molecular weight is 445 g/mol. The predicted octanol–water partition coefficient (Wildman–Crippen LogP) is -2.00. The second kappa shape index (κ2) is 25.5. The molecular formula is H2AlO26.